The van der Waals surface area contributed by atoms with E-state index in [-0.39, 0.29) is 17.8 Å². The lowest BCUT2D eigenvalue weighted by Gasteiger charge is -2.27. The maximum atomic E-state index is 13.5. The van der Waals surface area contributed by atoms with Crippen LogP contribution in [0.25, 0.3) is 21.8 Å². The lowest BCUT2D eigenvalue weighted by molar-refractivity contribution is -0.132. The van der Waals surface area contributed by atoms with E-state index in [2.05, 4.69) is 16.0 Å². The van der Waals surface area contributed by atoms with Gasteiger partial charge in [-0.1, -0.05) is 18.2 Å². The quantitative estimate of drug-likeness (QED) is 0.585. The number of hydrogen-bond acceptors (Lipinski definition) is 3. The van der Waals surface area contributed by atoms with E-state index in [1.807, 2.05) is 18.2 Å². The summed E-state index contributed by atoms with van der Waals surface area (Å²) in [6, 6.07) is 12.0. The maximum Gasteiger partial charge on any atom is 0.261 e. The molecule has 0 radical (unpaired) electrons. The normalized spacial score (nSPS) is 13.8. The van der Waals surface area contributed by atoms with Crippen LogP contribution in [0, 0.1) is 5.82 Å². The van der Waals surface area contributed by atoms with Crippen molar-refractivity contribution in [3.8, 4) is 0 Å². The first kappa shape index (κ1) is 16.7. The summed E-state index contributed by atoms with van der Waals surface area (Å²) in [4.78, 5) is 34.7. The van der Waals surface area contributed by atoms with Gasteiger partial charge < -0.3 is 9.88 Å². The minimum Gasteiger partial charge on any atom is -0.357 e. The van der Waals surface area contributed by atoms with Gasteiger partial charge in [0.2, 0.25) is 5.91 Å². The Morgan fingerprint density at radius 1 is 1.18 bits per heavy atom. The third kappa shape index (κ3) is 2.67. The molecule has 2 aromatic heterocycles. The summed E-state index contributed by atoms with van der Waals surface area (Å²) in [7, 11) is 0. The standard InChI is InChI=1S/C21H17FN4O2/c22-13-5-6-17-16(9-13)21(28)26(12-23-17)11-20(27)25-8-7-15-14-3-1-2-4-18(14)24-19(15)10-25/h1-6,9,12,24H,7-8,10-11H2. The van der Waals surface area contributed by atoms with Gasteiger partial charge in [0.25, 0.3) is 5.56 Å². The van der Waals surface area contributed by atoms with Crippen molar-refractivity contribution < 1.29 is 9.18 Å². The third-order valence-electron chi connectivity index (χ3n) is 5.33. The molecule has 2 aromatic carbocycles. The topological polar surface area (TPSA) is 71.0 Å². The highest BCUT2D eigenvalue weighted by Gasteiger charge is 2.24. The second-order valence-electron chi connectivity index (χ2n) is 7.03. The van der Waals surface area contributed by atoms with Crippen LogP contribution in [-0.2, 0) is 24.3 Å². The van der Waals surface area contributed by atoms with Crippen LogP contribution in [0.4, 0.5) is 4.39 Å². The molecule has 1 aliphatic rings. The third-order valence-corrected chi connectivity index (χ3v) is 5.33. The molecule has 4 aromatic rings. The predicted octanol–water partition coefficient (Wildman–Crippen LogP) is 2.60. The molecule has 0 aliphatic carbocycles. The van der Waals surface area contributed by atoms with Gasteiger partial charge in [-0.05, 0) is 36.2 Å². The molecule has 5 rings (SSSR count). The number of para-hydroxylation sites is 1. The van der Waals surface area contributed by atoms with Crippen molar-refractivity contribution in [2.45, 2.75) is 19.5 Å². The smallest absolute Gasteiger partial charge is 0.261 e. The second-order valence-corrected chi connectivity index (χ2v) is 7.03. The number of carbonyl (C=O) groups is 1. The van der Waals surface area contributed by atoms with E-state index in [1.165, 1.54) is 34.0 Å². The molecule has 0 unspecified atom stereocenters. The van der Waals surface area contributed by atoms with Crippen LogP contribution in [0.3, 0.4) is 0 Å². The number of rotatable bonds is 2. The van der Waals surface area contributed by atoms with Crippen molar-refractivity contribution in [2.75, 3.05) is 6.54 Å². The molecule has 0 spiro atoms. The lowest BCUT2D eigenvalue weighted by Crippen LogP contribution is -2.39. The summed E-state index contributed by atoms with van der Waals surface area (Å²) in [6.45, 7) is 0.957. The van der Waals surface area contributed by atoms with Crippen LogP contribution in [0.5, 0.6) is 0 Å². The number of aromatic nitrogens is 3. The average Bonchev–Trinajstić information content (AvgIpc) is 3.08. The number of nitrogens with one attached hydrogen (secondary N) is 1. The Morgan fingerprint density at radius 3 is 2.93 bits per heavy atom. The molecule has 0 atom stereocenters. The molecule has 140 valence electrons. The molecule has 1 amide bonds. The number of halogens is 1. The van der Waals surface area contributed by atoms with E-state index in [1.54, 1.807) is 4.90 Å². The maximum absolute atomic E-state index is 13.5. The zero-order chi connectivity index (χ0) is 19.3. The van der Waals surface area contributed by atoms with E-state index in [9.17, 15) is 14.0 Å². The van der Waals surface area contributed by atoms with Gasteiger partial charge >= 0.3 is 0 Å². The summed E-state index contributed by atoms with van der Waals surface area (Å²) in [6.07, 6.45) is 2.11. The number of fused-ring (bicyclic) bond motifs is 4. The van der Waals surface area contributed by atoms with Crippen LogP contribution < -0.4 is 5.56 Å². The SMILES string of the molecule is O=C(Cn1cnc2ccc(F)cc2c1=O)N1CCc2c([nH]c3ccccc23)C1. The fraction of sp³-hybridized carbons (Fsp3) is 0.190. The van der Waals surface area contributed by atoms with Crippen molar-refractivity contribution in [1.82, 2.24) is 19.4 Å². The Morgan fingerprint density at radius 2 is 2.04 bits per heavy atom. The van der Waals surface area contributed by atoms with Crippen molar-refractivity contribution >= 4 is 27.7 Å². The number of nitrogens with zero attached hydrogens (tertiary/aromatic N) is 3. The van der Waals surface area contributed by atoms with Crippen LogP contribution >= 0.6 is 0 Å². The number of amides is 1. The van der Waals surface area contributed by atoms with Crippen molar-refractivity contribution in [2.24, 2.45) is 0 Å². The highest BCUT2D eigenvalue weighted by molar-refractivity contribution is 5.85. The Hall–Kier alpha value is -3.48. The van der Waals surface area contributed by atoms with Gasteiger partial charge in [-0.2, -0.15) is 0 Å². The highest BCUT2D eigenvalue weighted by atomic mass is 19.1. The molecular formula is C21H17FN4O2. The molecule has 7 heteroatoms. The van der Waals surface area contributed by atoms with Gasteiger partial charge in [-0.15, -0.1) is 0 Å². The fourth-order valence-electron chi connectivity index (χ4n) is 3.90. The Kier molecular flexibility index (Phi) is 3.75. The van der Waals surface area contributed by atoms with Gasteiger partial charge in [0.1, 0.15) is 12.4 Å². The van der Waals surface area contributed by atoms with E-state index in [0.717, 1.165) is 23.7 Å². The zero-order valence-corrected chi connectivity index (χ0v) is 15.0. The largest absolute Gasteiger partial charge is 0.357 e. The fourth-order valence-corrected chi connectivity index (χ4v) is 3.90. The highest BCUT2D eigenvalue weighted by Crippen LogP contribution is 2.27. The molecule has 6 nitrogen and oxygen atoms in total. The van der Waals surface area contributed by atoms with Crippen molar-refractivity contribution in [3.05, 3.63) is 76.2 Å². The summed E-state index contributed by atoms with van der Waals surface area (Å²) in [5.74, 6) is -0.665. The Labute approximate surface area is 159 Å². The minimum atomic E-state index is -0.502. The van der Waals surface area contributed by atoms with Crippen LogP contribution in [-0.4, -0.2) is 31.9 Å². The summed E-state index contributed by atoms with van der Waals surface area (Å²) in [5.41, 5.74) is 3.35. The van der Waals surface area contributed by atoms with E-state index >= 15 is 0 Å². The number of hydrogen-bond donors (Lipinski definition) is 1. The number of H-pyrrole nitrogens is 1. The molecular weight excluding hydrogens is 359 g/mol. The zero-order valence-electron chi connectivity index (χ0n) is 15.0. The van der Waals surface area contributed by atoms with Crippen LogP contribution in [0.15, 0.2) is 53.6 Å². The molecule has 3 heterocycles. The van der Waals surface area contributed by atoms with Crippen LogP contribution in [0.2, 0.25) is 0 Å². The van der Waals surface area contributed by atoms with Gasteiger partial charge in [0.05, 0.1) is 23.8 Å². The first-order chi connectivity index (χ1) is 13.6. The number of aromatic amines is 1. The van der Waals surface area contributed by atoms with Gasteiger partial charge in [-0.3, -0.25) is 14.2 Å². The summed E-state index contributed by atoms with van der Waals surface area (Å²) < 4.78 is 14.7. The summed E-state index contributed by atoms with van der Waals surface area (Å²) in [5, 5.41) is 1.37. The van der Waals surface area contributed by atoms with E-state index in [0.29, 0.717) is 18.6 Å². The van der Waals surface area contributed by atoms with E-state index in [4.69, 9.17) is 0 Å². The van der Waals surface area contributed by atoms with Crippen molar-refractivity contribution in [1.29, 1.82) is 0 Å². The Bertz CT molecular complexity index is 1290. The predicted molar refractivity (Wildman–Crippen MR) is 103 cm³/mol. The minimum absolute atomic E-state index is 0.117. The lowest BCUT2D eigenvalue weighted by atomic mass is 10.0. The molecule has 0 bridgehead atoms. The molecule has 0 fully saturated rings. The molecule has 1 N–H and O–H groups in total. The average molecular weight is 376 g/mol. The summed E-state index contributed by atoms with van der Waals surface area (Å²) >= 11 is 0. The number of carbonyl (C=O) groups excluding carboxylic acids is 1. The first-order valence-electron chi connectivity index (χ1n) is 9.11. The molecule has 28 heavy (non-hydrogen) atoms. The van der Waals surface area contributed by atoms with Crippen LogP contribution in [0.1, 0.15) is 11.3 Å². The molecule has 0 saturated heterocycles. The second kappa shape index (κ2) is 6.30. The van der Waals surface area contributed by atoms with Gasteiger partial charge in [0.15, 0.2) is 0 Å². The molecule has 1 aliphatic heterocycles. The van der Waals surface area contributed by atoms with Gasteiger partial charge in [0, 0.05) is 23.1 Å². The van der Waals surface area contributed by atoms with Crippen molar-refractivity contribution in [3.63, 3.8) is 0 Å². The Balaban J connectivity index is 1.41. The van der Waals surface area contributed by atoms with E-state index < -0.39 is 11.4 Å². The number of benzene rings is 2. The molecule has 0 saturated carbocycles. The monoisotopic (exact) mass is 376 g/mol. The first-order valence-corrected chi connectivity index (χ1v) is 9.11. The van der Waals surface area contributed by atoms with Gasteiger partial charge in [-0.25, -0.2) is 9.37 Å².